The highest BCUT2D eigenvalue weighted by Gasteiger charge is 2.33. The summed E-state index contributed by atoms with van der Waals surface area (Å²) in [6.07, 6.45) is -2.48. The fourth-order valence-corrected chi connectivity index (χ4v) is 4.90. The van der Waals surface area contributed by atoms with Crippen molar-refractivity contribution in [3.05, 3.63) is 41.6 Å². The number of benzene rings is 1. The number of anilines is 2. The monoisotopic (exact) mass is 532 g/mol. The predicted octanol–water partition coefficient (Wildman–Crippen LogP) is 3.00. The number of hydrogen-bond acceptors (Lipinski definition) is 6. The molecule has 0 radical (unpaired) electrons. The van der Waals surface area contributed by atoms with Crippen LogP contribution in [0.25, 0.3) is 0 Å². The minimum absolute atomic E-state index is 0.0381. The van der Waals surface area contributed by atoms with Crippen molar-refractivity contribution in [2.75, 3.05) is 55.1 Å². The second-order valence-electron chi connectivity index (χ2n) is 9.07. The van der Waals surface area contributed by atoms with Gasteiger partial charge in [-0.25, -0.2) is 17.6 Å². The molecule has 0 aliphatic carbocycles. The molecule has 36 heavy (non-hydrogen) atoms. The number of rotatable bonds is 5. The minimum atomic E-state index is -4.47. The largest absolute Gasteiger partial charge is 0.416 e. The minimum Gasteiger partial charge on any atom is -0.371 e. The molecular formula is C22H28F4N6O3S. The van der Waals surface area contributed by atoms with Crippen molar-refractivity contribution in [3.8, 4) is 0 Å². The van der Waals surface area contributed by atoms with Gasteiger partial charge in [0.05, 0.1) is 11.8 Å². The first kappa shape index (κ1) is 26.2. The highest BCUT2D eigenvalue weighted by Crippen LogP contribution is 2.35. The molecule has 14 heteroatoms. The van der Waals surface area contributed by atoms with Gasteiger partial charge in [-0.1, -0.05) is 6.07 Å². The van der Waals surface area contributed by atoms with Crippen LogP contribution >= 0.6 is 0 Å². The van der Waals surface area contributed by atoms with E-state index in [4.69, 9.17) is 0 Å². The van der Waals surface area contributed by atoms with E-state index in [0.717, 1.165) is 28.6 Å². The molecule has 0 unspecified atom stereocenters. The summed E-state index contributed by atoms with van der Waals surface area (Å²) in [5.74, 6) is 0.0381. The summed E-state index contributed by atoms with van der Waals surface area (Å²) < 4.78 is 79.7. The van der Waals surface area contributed by atoms with Crippen LogP contribution in [0.15, 0.2) is 30.5 Å². The number of sulfonamides is 1. The van der Waals surface area contributed by atoms with E-state index in [1.165, 1.54) is 18.3 Å². The molecule has 0 atom stereocenters. The summed E-state index contributed by atoms with van der Waals surface area (Å²) in [5, 5.41) is 3.95. The van der Waals surface area contributed by atoms with Gasteiger partial charge in [-0.05, 0) is 30.5 Å². The topological polar surface area (TPSA) is 90.8 Å². The Hall–Kier alpha value is -2.87. The Labute approximate surface area is 206 Å². The van der Waals surface area contributed by atoms with Crippen molar-refractivity contribution in [1.82, 2.24) is 19.6 Å². The molecule has 2 fully saturated rings. The third-order valence-electron chi connectivity index (χ3n) is 6.29. The summed E-state index contributed by atoms with van der Waals surface area (Å²) in [5.41, 5.74) is 0.462. The molecule has 2 saturated heterocycles. The van der Waals surface area contributed by atoms with Crippen LogP contribution in [0.3, 0.4) is 0 Å². The Bertz CT molecular complexity index is 1190. The third-order valence-corrected chi connectivity index (χ3v) is 6.87. The predicted molar refractivity (Wildman–Crippen MR) is 126 cm³/mol. The highest BCUT2D eigenvalue weighted by molar-refractivity contribution is 7.92. The lowest BCUT2D eigenvalue weighted by Gasteiger charge is -2.36. The van der Waals surface area contributed by atoms with E-state index in [1.807, 2.05) is 4.90 Å². The Morgan fingerprint density at radius 1 is 1.08 bits per heavy atom. The number of nitrogens with zero attached hydrogens (tertiary/aromatic N) is 5. The molecular weight excluding hydrogens is 504 g/mol. The normalized spacial score (nSPS) is 18.5. The van der Waals surface area contributed by atoms with Gasteiger partial charge in [0.2, 0.25) is 10.0 Å². The molecule has 0 saturated carbocycles. The number of carbonyl (C=O) groups excluding carboxylic acids is 1. The van der Waals surface area contributed by atoms with Crippen molar-refractivity contribution in [3.63, 3.8) is 0 Å². The molecule has 1 aromatic heterocycles. The molecule has 9 nitrogen and oxygen atoms in total. The number of aromatic nitrogens is 2. The average molecular weight is 533 g/mol. The Balaban J connectivity index is 1.41. The fourth-order valence-electron chi connectivity index (χ4n) is 4.42. The molecule has 198 valence electrons. The zero-order valence-corrected chi connectivity index (χ0v) is 20.5. The summed E-state index contributed by atoms with van der Waals surface area (Å²) in [6, 6.07) is 4.68. The Morgan fingerprint density at radius 2 is 1.75 bits per heavy atom. The summed E-state index contributed by atoms with van der Waals surface area (Å²) in [6.45, 7) is 2.85. The molecule has 1 aromatic carbocycles. The van der Waals surface area contributed by atoms with Crippen LogP contribution in [-0.2, 0) is 22.7 Å². The second-order valence-corrected chi connectivity index (χ2v) is 10.8. The molecule has 0 bridgehead atoms. The van der Waals surface area contributed by atoms with Crippen LogP contribution in [0.4, 0.5) is 33.9 Å². The zero-order valence-electron chi connectivity index (χ0n) is 19.7. The molecule has 1 amide bonds. The van der Waals surface area contributed by atoms with Gasteiger partial charge >= 0.3 is 12.2 Å². The van der Waals surface area contributed by atoms with Gasteiger partial charge < -0.3 is 9.80 Å². The lowest BCUT2D eigenvalue weighted by Crippen LogP contribution is -2.49. The van der Waals surface area contributed by atoms with Gasteiger partial charge in [0.15, 0.2) is 5.82 Å². The van der Waals surface area contributed by atoms with Gasteiger partial charge in [0.25, 0.3) is 0 Å². The van der Waals surface area contributed by atoms with Crippen LogP contribution in [0.5, 0.6) is 0 Å². The fraction of sp³-hybridized carbons (Fsp3) is 0.545. The molecule has 0 spiro atoms. The average Bonchev–Trinajstić information content (AvgIpc) is 3.26. The van der Waals surface area contributed by atoms with Crippen LogP contribution in [0.1, 0.15) is 24.0 Å². The van der Waals surface area contributed by atoms with E-state index >= 15 is 0 Å². The van der Waals surface area contributed by atoms with E-state index in [0.29, 0.717) is 51.5 Å². The summed E-state index contributed by atoms with van der Waals surface area (Å²) >= 11 is 0. The van der Waals surface area contributed by atoms with Gasteiger partial charge in [-0.15, -0.1) is 5.10 Å². The van der Waals surface area contributed by atoms with Gasteiger partial charge in [-0.3, -0.25) is 9.62 Å². The first-order valence-electron chi connectivity index (χ1n) is 11.5. The Morgan fingerprint density at radius 3 is 2.36 bits per heavy atom. The van der Waals surface area contributed by atoms with E-state index in [-0.39, 0.29) is 18.7 Å². The smallest absolute Gasteiger partial charge is 0.371 e. The maximum Gasteiger partial charge on any atom is 0.416 e. The Kier molecular flexibility index (Phi) is 7.46. The number of nitrogens with one attached hydrogen (secondary N) is 1. The van der Waals surface area contributed by atoms with Crippen molar-refractivity contribution < 1.29 is 30.8 Å². The third kappa shape index (κ3) is 6.46. The highest BCUT2D eigenvalue weighted by atomic mass is 32.2. The number of amides is 1. The molecule has 1 N–H and O–H groups in total. The van der Waals surface area contributed by atoms with Crippen LogP contribution in [0.2, 0.25) is 0 Å². The SMILES string of the molecule is CS(=O)(=O)Nc1ccn(C(=O)N2CCN(Cc3ccc(C(F)(F)F)cc3N3CCC(F)CC3)CC2)n1. The van der Waals surface area contributed by atoms with Crippen molar-refractivity contribution in [1.29, 1.82) is 0 Å². The molecule has 2 aliphatic heterocycles. The zero-order chi connectivity index (χ0) is 26.1. The van der Waals surface area contributed by atoms with Crippen LogP contribution in [-0.4, -0.2) is 85.7 Å². The summed E-state index contributed by atoms with van der Waals surface area (Å²) in [4.78, 5) is 18.2. The second kappa shape index (κ2) is 10.2. The molecule has 4 rings (SSSR count). The maximum atomic E-state index is 13.6. The number of piperidine rings is 1. The maximum absolute atomic E-state index is 13.6. The summed E-state index contributed by atoms with van der Waals surface area (Å²) in [7, 11) is -3.52. The number of hydrogen-bond donors (Lipinski definition) is 1. The first-order chi connectivity index (χ1) is 16.9. The van der Waals surface area contributed by atoms with E-state index < -0.39 is 34.0 Å². The van der Waals surface area contributed by atoms with Crippen molar-refractivity contribution in [2.24, 2.45) is 0 Å². The number of halogens is 4. The quantitative estimate of drug-likeness (QED) is 0.596. The number of carbonyl (C=O) groups is 1. The molecule has 3 heterocycles. The standard InChI is InChI=1S/C22H28F4N6O3S/c1-36(34,35)28-20-6-9-32(27-20)21(33)31-12-10-29(11-13-31)15-16-2-3-17(22(24,25)26)14-19(16)30-7-4-18(23)5-8-30/h2-3,6,9,14,18H,4-5,7-8,10-13,15H2,1H3,(H,27,28). The van der Waals surface area contributed by atoms with Crippen LogP contribution < -0.4 is 9.62 Å². The lowest BCUT2D eigenvalue weighted by molar-refractivity contribution is -0.137. The number of piperazine rings is 1. The number of alkyl halides is 4. The molecule has 2 aromatic rings. The van der Waals surface area contributed by atoms with Crippen molar-refractivity contribution in [2.45, 2.75) is 31.7 Å². The van der Waals surface area contributed by atoms with E-state index in [9.17, 15) is 30.8 Å². The van der Waals surface area contributed by atoms with E-state index in [1.54, 1.807) is 4.90 Å². The van der Waals surface area contributed by atoms with E-state index in [2.05, 4.69) is 14.7 Å². The lowest BCUT2D eigenvalue weighted by atomic mass is 10.0. The molecule has 2 aliphatic rings. The van der Waals surface area contributed by atoms with Crippen LogP contribution in [0, 0.1) is 0 Å². The van der Waals surface area contributed by atoms with Gasteiger partial charge in [0.1, 0.15) is 6.17 Å². The first-order valence-corrected chi connectivity index (χ1v) is 13.4. The van der Waals surface area contributed by atoms with Gasteiger partial charge in [0, 0.05) is 63.8 Å². The van der Waals surface area contributed by atoms with Gasteiger partial charge in [-0.2, -0.15) is 17.9 Å². The van der Waals surface area contributed by atoms with Crippen molar-refractivity contribution >= 4 is 27.6 Å².